The van der Waals surface area contributed by atoms with Crippen LogP contribution in [0.1, 0.15) is 41.4 Å². The van der Waals surface area contributed by atoms with Crippen molar-refractivity contribution in [2.45, 2.75) is 0 Å². The number of nitrogens with one attached hydrogen (secondary N) is 2. The molecule has 0 atom stereocenters. The topological polar surface area (TPSA) is 182 Å². The summed E-state index contributed by atoms with van der Waals surface area (Å²) < 4.78 is 5.30. The first-order valence-electron chi connectivity index (χ1n) is 10.2. The first-order valence-corrected chi connectivity index (χ1v) is 10.2. The number of aromatic nitrogens is 2. The Balaban J connectivity index is 2.00. The van der Waals surface area contributed by atoms with Crippen LogP contribution in [-0.2, 0) is 4.74 Å². The van der Waals surface area contributed by atoms with Gasteiger partial charge in [-0.1, -0.05) is 6.07 Å². The average molecular weight is 482 g/mol. The Morgan fingerprint density at radius 3 is 2.31 bits per heavy atom. The molecule has 3 rings (SSSR count). The Hall–Kier alpha value is -4.71. The lowest BCUT2D eigenvalue weighted by atomic mass is 10.0. The Labute approximate surface area is 198 Å². The lowest BCUT2D eigenvalue weighted by molar-refractivity contribution is 0.0482. The number of esters is 1. The zero-order valence-corrected chi connectivity index (χ0v) is 18.7. The first-order chi connectivity index (χ1) is 16.6. The highest BCUT2D eigenvalue weighted by Crippen LogP contribution is 2.27. The van der Waals surface area contributed by atoms with Gasteiger partial charge in [0.25, 0.3) is 5.91 Å². The highest BCUT2D eigenvalue weighted by Gasteiger charge is 2.24. The van der Waals surface area contributed by atoms with Crippen LogP contribution in [0.3, 0.4) is 0 Å². The molecule has 0 fully saturated rings. The van der Waals surface area contributed by atoms with Gasteiger partial charge in [-0.05, 0) is 38.4 Å². The van der Waals surface area contributed by atoms with E-state index in [-0.39, 0.29) is 17.9 Å². The minimum Gasteiger partial charge on any atom is -0.507 e. The molecular formula is C23H22N4O8. The van der Waals surface area contributed by atoms with Gasteiger partial charge in [-0.25, -0.2) is 19.4 Å². The molecule has 182 valence electrons. The smallest absolute Gasteiger partial charge is 0.340 e. The van der Waals surface area contributed by atoms with E-state index in [1.807, 2.05) is 4.90 Å². The molecule has 0 radical (unpaired) electrons. The number of benzene rings is 2. The predicted molar refractivity (Wildman–Crippen MR) is 123 cm³/mol. The lowest BCUT2D eigenvalue weighted by Crippen LogP contribution is -2.22. The number of rotatable bonds is 9. The summed E-state index contributed by atoms with van der Waals surface area (Å²) in [6.45, 7) is 0.539. The van der Waals surface area contributed by atoms with E-state index in [1.165, 1.54) is 24.7 Å². The van der Waals surface area contributed by atoms with Crippen LogP contribution in [-0.4, -0.2) is 81.2 Å². The predicted octanol–water partition coefficient (Wildman–Crippen LogP) is 2.15. The monoisotopic (exact) mass is 482 g/mol. The maximum absolute atomic E-state index is 13.0. The molecule has 12 heteroatoms. The quantitative estimate of drug-likeness (QED) is 0.283. The molecule has 0 saturated carbocycles. The van der Waals surface area contributed by atoms with Crippen LogP contribution in [0.25, 0.3) is 11.3 Å². The molecule has 0 unspecified atom stereocenters. The number of likely N-dealkylation sites (N-methyl/N-ethyl adjacent to an activating group) is 1. The molecule has 0 spiro atoms. The number of carboxylic acid groups (broad SMARTS) is 2. The normalized spacial score (nSPS) is 10.7. The van der Waals surface area contributed by atoms with Crippen LogP contribution >= 0.6 is 0 Å². The van der Waals surface area contributed by atoms with E-state index in [0.717, 1.165) is 6.07 Å². The number of H-pyrrole nitrogens is 1. The number of hydrogen-bond donors (Lipinski definition) is 5. The number of amides is 1. The van der Waals surface area contributed by atoms with Gasteiger partial charge in [-0.2, -0.15) is 0 Å². The highest BCUT2D eigenvalue weighted by molar-refractivity contribution is 6.14. The van der Waals surface area contributed by atoms with Gasteiger partial charge in [0.2, 0.25) is 0 Å². The zero-order valence-electron chi connectivity index (χ0n) is 18.7. The molecule has 0 aliphatic heterocycles. The largest absolute Gasteiger partial charge is 0.507 e. The molecule has 12 nitrogen and oxygen atoms in total. The molecule has 1 amide bonds. The SMILES string of the molecule is CN(C)CCOC(=O)c1cc(-c2cnc[nH]2)ccc1NC(=O)c1cc(C(=O)O)c(O)cc1C(=O)O. The van der Waals surface area contributed by atoms with E-state index >= 15 is 0 Å². The van der Waals surface area contributed by atoms with Crippen molar-refractivity contribution in [1.82, 2.24) is 14.9 Å². The molecule has 5 N–H and O–H groups in total. The summed E-state index contributed by atoms with van der Waals surface area (Å²) >= 11 is 0. The van der Waals surface area contributed by atoms with Crippen LogP contribution in [0.15, 0.2) is 42.9 Å². The maximum Gasteiger partial charge on any atom is 0.340 e. The van der Waals surface area contributed by atoms with Crippen LogP contribution in [0, 0.1) is 0 Å². The molecule has 0 aliphatic rings. The van der Waals surface area contributed by atoms with Crippen molar-refractivity contribution in [3.05, 3.63) is 65.1 Å². The van der Waals surface area contributed by atoms with Crippen molar-refractivity contribution in [3.8, 4) is 17.0 Å². The summed E-state index contributed by atoms with van der Waals surface area (Å²) in [5.41, 5.74) is -0.621. The van der Waals surface area contributed by atoms with Gasteiger partial charge in [0.05, 0.1) is 40.6 Å². The Kier molecular flexibility index (Phi) is 7.46. The molecule has 0 bridgehead atoms. The second-order valence-electron chi connectivity index (χ2n) is 7.64. The van der Waals surface area contributed by atoms with Crippen LogP contribution < -0.4 is 5.32 Å². The number of carbonyl (C=O) groups excluding carboxylic acids is 2. The molecule has 2 aromatic carbocycles. The summed E-state index contributed by atoms with van der Waals surface area (Å²) in [6.07, 6.45) is 3.00. The molecule has 1 aromatic heterocycles. The van der Waals surface area contributed by atoms with Crippen molar-refractivity contribution in [2.24, 2.45) is 0 Å². The average Bonchev–Trinajstić information content (AvgIpc) is 3.33. The number of nitrogens with zero attached hydrogens (tertiary/aromatic N) is 2. The number of carbonyl (C=O) groups is 4. The Bertz CT molecular complexity index is 1280. The fourth-order valence-corrected chi connectivity index (χ4v) is 3.12. The van der Waals surface area contributed by atoms with Crippen molar-refractivity contribution < 1.29 is 39.2 Å². The van der Waals surface area contributed by atoms with Crippen molar-refractivity contribution in [2.75, 3.05) is 32.6 Å². The Morgan fingerprint density at radius 2 is 1.71 bits per heavy atom. The van der Waals surface area contributed by atoms with Gasteiger partial charge in [0.15, 0.2) is 0 Å². The highest BCUT2D eigenvalue weighted by atomic mass is 16.5. The van der Waals surface area contributed by atoms with Gasteiger partial charge >= 0.3 is 17.9 Å². The number of aromatic amines is 1. The molecule has 1 heterocycles. The van der Waals surface area contributed by atoms with Gasteiger partial charge in [0.1, 0.15) is 17.9 Å². The number of aromatic hydroxyl groups is 1. The van der Waals surface area contributed by atoms with Gasteiger partial charge in [-0.3, -0.25) is 4.79 Å². The number of carboxylic acids is 2. The molecule has 35 heavy (non-hydrogen) atoms. The minimum absolute atomic E-state index is 0.00871. The summed E-state index contributed by atoms with van der Waals surface area (Å²) in [5.74, 6) is -5.65. The number of aromatic carboxylic acids is 2. The molecule has 3 aromatic rings. The standard InChI is InChI=1S/C23H22N4O8/c1-27(2)5-6-35-23(34)15-7-12(18-10-24-11-25-18)3-4-17(15)26-20(29)13-8-16(22(32)33)19(28)9-14(13)21(30)31/h3-4,7-11,28H,5-6H2,1-2H3,(H,24,25)(H,26,29)(H,30,31)(H,32,33). The van der Waals surface area contributed by atoms with Gasteiger partial charge in [-0.15, -0.1) is 0 Å². The van der Waals surface area contributed by atoms with Crippen molar-refractivity contribution in [1.29, 1.82) is 0 Å². The lowest BCUT2D eigenvalue weighted by Gasteiger charge is -2.15. The third-order valence-electron chi connectivity index (χ3n) is 4.91. The minimum atomic E-state index is -1.56. The summed E-state index contributed by atoms with van der Waals surface area (Å²) in [7, 11) is 3.61. The summed E-state index contributed by atoms with van der Waals surface area (Å²) in [6, 6.07) is 5.93. The van der Waals surface area contributed by atoms with E-state index in [2.05, 4.69) is 15.3 Å². The number of phenols is 1. The third-order valence-corrected chi connectivity index (χ3v) is 4.91. The molecular weight excluding hydrogens is 460 g/mol. The van der Waals surface area contributed by atoms with E-state index < -0.39 is 46.3 Å². The third kappa shape index (κ3) is 5.81. The van der Waals surface area contributed by atoms with Gasteiger partial charge in [0, 0.05) is 12.1 Å². The van der Waals surface area contributed by atoms with E-state index in [0.29, 0.717) is 23.9 Å². The summed E-state index contributed by atoms with van der Waals surface area (Å²) in [5, 5.41) is 30.9. The first kappa shape index (κ1) is 24.9. The second-order valence-corrected chi connectivity index (χ2v) is 7.64. The van der Waals surface area contributed by atoms with Crippen LogP contribution in [0.5, 0.6) is 5.75 Å². The zero-order chi connectivity index (χ0) is 25.7. The number of ether oxygens (including phenoxy) is 1. The molecule has 0 saturated heterocycles. The number of imidazole rings is 1. The van der Waals surface area contributed by atoms with E-state index in [9.17, 15) is 34.5 Å². The van der Waals surface area contributed by atoms with Crippen molar-refractivity contribution in [3.63, 3.8) is 0 Å². The van der Waals surface area contributed by atoms with E-state index in [4.69, 9.17) is 4.74 Å². The molecule has 0 aliphatic carbocycles. The number of hydrogen-bond acceptors (Lipinski definition) is 8. The van der Waals surface area contributed by atoms with Crippen LogP contribution in [0.2, 0.25) is 0 Å². The van der Waals surface area contributed by atoms with E-state index in [1.54, 1.807) is 20.2 Å². The summed E-state index contributed by atoms with van der Waals surface area (Å²) in [4.78, 5) is 57.5. The van der Waals surface area contributed by atoms with Crippen molar-refractivity contribution >= 4 is 29.5 Å². The fraction of sp³-hybridized carbons (Fsp3) is 0.174. The second kappa shape index (κ2) is 10.5. The van der Waals surface area contributed by atoms with Gasteiger partial charge < -0.3 is 35.3 Å². The fourth-order valence-electron chi connectivity index (χ4n) is 3.12. The van der Waals surface area contributed by atoms with Crippen LogP contribution in [0.4, 0.5) is 5.69 Å². The maximum atomic E-state index is 13.0. The Morgan fingerprint density at radius 1 is 1.00 bits per heavy atom. The number of anilines is 1.